The Bertz CT molecular complexity index is 291. The molecule has 0 saturated carbocycles. The van der Waals surface area contributed by atoms with Crippen molar-refractivity contribution in [1.82, 2.24) is 10.2 Å². The molecule has 5 heteroatoms. The van der Waals surface area contributed by atoms with Gasteiger partial charge in [0, 0.05) is 26.1 Å². The molecule has 0 aromatic rings. The fraction of sp³-hybridized carbons (Fsp3) is 0.833. The Labute approximate surface area is 103 Å². The van der Waals surface area contributed by atoms with Crippen LogP contribution in [0.5, 0.6) is 0 Å². The molecule has 0 bridgehead atoms. The van der Waals surface area contributed by atoms with Crippen LogP contribution in [0.15, 0.2) is 0 Å². The minimum Gasteiger partial charge on any atom is -0.344 e. The van der Waals surface area contributed by atoms with Crippen molar-refractivity contribution in [3.8, 4) is 0 Å². The predicted octanol–water partition coefficient (Wildman–Crippen LogP) is 0.0968. The van der Waals surface area contributed by atoms with Crippen molar-refractivity contribution >= 4 is 11.8 Å². The Balaban J connectivity index is 2.34. The molecule has 98 valence electrons. The highest BCUT2D eigenvalue weighted by molar-refractivity contribution is 5.90. The summed E-state index contributed by atoms with van der Waals surface area (Å²) in [6.07, 6.45) is 1.86. The second-order valence-electron chi connectivity index (χ2n) is 5.12. The fourth-order valence-corrected chi connectivity index (χ4v) is 1.85. The highest BCUT2D eigenvalue weighted by atomic mass is 16.2. The first-order chi connectivity index (χ1) is 7.91. The lowest BCUT2D eigenvalue weighted by Gasteiger charge is -2.23. The van der Waals surface area contributed by atoms with Gasteiger partial charge in [0.05, 0.1) is 0 Å². The lowest BCUT2D eigenvalue weighted by molar-refractivity contribution is -0.133. The summed E-state index contributed by atoms with van der Waals surface area (Å²) in [4.78, 5) is 24.6. The van der Waals surface area contributed by atoms with Gasteiger partial charge in [-0.05, 0) is 18.8 Å². The van der Waals surface area contributed by atoms with E-state index in [1.807, 2.05) is 0 Å². The third kappa shape index (κ3) is 4.00. The van der Waals surface area contributed by atoms with Crippen LogP contribution in [0.1, 0.15) is 33.1 Å². The van der Waals surface area contributed by atoms with Gasteiger partial charge in [-0.1, -0.05) is 13.8 Å². The summed E-state index contributed by atoms with van der Waals surface area (Å²) in [6.45, 7) is 4.79. The van der Waals surface area contributed by atoms with E-state index in [1.54, 1.807) is 11.9 Å². The van der Waals surface area contributed by atoms with Crippen molar-refractivity contribution in [3.05, 3.63) is 0 Å². The van der Waals surface area contributed by atoms with E-state index >= 15 is 0 Å². The van der Waals surface area contributed by atoms with Crippen molar-refractivity contribution < 1.29 is 9.59 Å². The number of hydrogen-bond acceptors (Lipinski definition) is 3. The number of carbonyl (C=O) groups excluding carboxylic acids is 2. The molecular formula is C12H23N3O2. The first-order valence-corrected chi connectivity index (χ1v) is 6.21. The normalized spacial score (nSPS) is 21.5. The van der Waals surface area contributed by atoms with Gasteiger partial charge in [0.25, 0.3) is 0 Å². The standard InChI is InChI=1S/C12H23N3O2/c1-8(2)9(13)6-7-15(3)12(17)10-4-5-11(16)14-10/h8-10H,4-7,13H2,1-3H3,(H,14,16)/t9?,10-/m0/s1. The van der Waals surface area contributed by atoms with Gasteiger partial charge in [-0.2, -0.15) is 0 Å². The van der Waals surface area contributed by atoms with E-state index in [4.69, 9.17) is 5.73 Å². The molecule has 0 spiro atoms. The maximum Gasteiger partial charge on any atom is 0.244 e. The Kier molecular flexibility index (Phi) is 4.93. The molecule has 0 radical (unpaired) electrons. The zero-order valence-corrected chi connectivity index (χ0v) is 10.9. The zero-order valence-electron chi connectivity index (χ0n) is 10.9. The number of carbonyl (C=O) groups is 2. The molecule has 0 aromatic carbocycles. The number of nitrogens with one attached hydrogen (secondary N) is 1. The van der Waals surface area contributed by atoms with Crippen LogP contribution in [0.4, 0.5) is 0 Å². The molecule has 5 nitrogen and oxygen atoms in total. The van der Waals surface area contributed by atoms with Crippen molar-refractivity contribution in [2.24, 2.45) is 11.7 Å². The molecule has 1 aliphatic heterocycles. The molecule has 2 atom stereocenters. The summed E-state index contributed by atoms with van der Waals surface area (Å²) in [5.74, 6) is 0.382. The summed E-state index contributed by atoms with van der Waals surface area (Å²) < 4.78 is 0. The molecule has 1 unspecified atom stereocenters. The largest absolute Gasteiger partial charge is 0.344 e. The number of likely N-dealkylation sites (N-methyl/N-ethyl adjacent to an activating group) is 1. The van der Waals surface area contributed by atoms with Crippen LogP contribution < -0.4 is 11.1 Å². The zero-order chi connectivity index (χ0) is 13.0. The van der Waals surface area contributed by atoms with Crippen molar-refractivity contribution in [2.75, 3.05) is 13.6 Å². The van der Waals surface area contributed by atoms with Crippen LogP contribution in [0.3, 0.4) is 0 Å². The summed E-state index contributed by atoms with van der Waals surface area (Å²) in [6, 6.07) is -0.216. The molecule has 1 heterocycles. The van der Waals surface area contributed by atoms with Crippen LogP contribution in [0, 0.1) is 5.92 Å². The third-order valence-electron chi connectivity index (χ3n) is 3.32. The summed E-state index contributed by atoms with van der Waals surface area (Å²) >= 11 is 0. The van der Waals surface area contributed by atoms with Crippen molar-refractivity contribution in [3.63, 3.8) is 0 Å². The van der Waals surface area contributed by atoms with Crippen LogP contribution in [0.2, 0.25) is 0 Å². The molecule has 0 aliphatic carbocycles. The number of amides is 2. The maximum absolute atomic E-state index is 11.9. The summed E-state index contributed by atoms with van der Waals surface area (Å²) in [5, 5.41) is 2.68. The molecule has 2 amide bonds. The molecule has 17 heavy (non-hydrogen) atoms. The van der Waals surface area contributed by atoms with E-state index in [0.717, 1.165) is 6.42 Å². The molecule has 0 aromatic heterocycles. The van der Waals surface area contributed by atoms with Gasteiger partial charge in [-0.15, -0.1) is 0 Å². The quantitative estimate of drug-likeness (QED) is 0.716. The Hall–Kier alpha value is -1.10. The van der Waals surface area contributed by atoms with Gasteiger partial charge < -0.3 is 16.0 Å². The highest BCUT2D eigenvalue weighted by Crippen LogP contribution is 2.10. The predicted molar refractivity (Wildman–Crippen MR) is 66.2 cm³/mol. The summed E-state index contributed by atoms with van der Waals surface area (Å²) in [5.41, 5.74) is 5.93. The van der Waals surface area contributed by atoms with Gasteiger partial charge in [0.15, 0.2) is 0 Å². The second kappa shape index (κ2) is 6.00. The minimum absolute atomic E-state index is 0.00759. The van der Waals surface area contributed by atoms with Crippen LogP contribution in [0.25, 0.3) is 0 Å². The van der Waals surface area contributed by atoms with Crippen LogP contribution in [-0.2, 0) is 9.59 Å². The van der Waals surface area contributed by atoms with Crippen LogP contribution in [-0.4, -0.2) is 42.4 Å². The van der Waals surface area contributed by atoms with Gasteiger partial charge in [-0.3, -0.25) is 9.59 Å². The molecule has 1 fully saturated rings. The molecule has 1 aliphatic rings. The first kappa shape index (κ1) is 14.0. The Morgan fingerprint density at radius 3 is 2.71 bits per heavy atom. The molecule has 1 saturated heterocycles. The Morgan fingerprint density at radius 2 is 2.24 bits per heavy atom. The van der Waals surface area contributed by atoms with E-state index in [0.29, 0.717) is 25.3 Å². The average molecular weight is 241 g/mol. The molecule has 1 rings (SSSR count). The lowest BCUT2D eigenvalue weighted by Crippen LogP contribution is -2.44. The maximum atomic E-state index is 11.9. The van der Waals surface area contributed by atoms with E-state index in [1.165, 1.54) is 0 Å². The number of nitrogens with zero attached hydrogens (tertiary/aromatic N) is 1. The van der Waals surface area contributed by atoms with E-state index in [2.05, 4.69) is 19.2 Å². The number of nitrogens with two attached hydrogens (primary N) is 1. The van der Waals surface area contributed by atoms with Gasteiger partial charge in [0.2, 0.25) is 11.8 Å². The molecular weight excluding hydrogens is 218 g/mol. The van der Waals surface area contributed by atoms with E-state index in [9.17, 15) is 9.59 Å². The second-order valence-corrected chi connectivity index (χ2v) is 5.12. The van der Waals surface area contributed by atoms with Gasteiger partial charge in [-0.25, -0.2) is 0 Å². The highest BCUT2D eigenvalue weighted by Gasteiger charge is 2.29. The van der Waals surface area contributed by atoms with Gasteiger partial charge >= 0.3 is 0 Å². The SMILES string of the molecule is CC(C)C(N)CCN(C)C(=O)[C@@H]1CCC(=O)N1. The van der Waals surface area contributed by atoms with Crippen molar-refractivity contribution in [1.29, 1.82) is 0 Å². The summed E-state index contributed by atoms with van der Waals surface area (Å²) in [7, 11) is 1.76. The fourth-order valence-electron chi connectivity index (χ4n) is 1.85. The number of hydrogen-bond donors (Lipinski definition) is 2. The average Bonchev–Trinajstić information content (AvgIpc) is 2.70. The van der Waals surface area contributed by atoms with E-state index < -0.39 is 0 Å². The monoisotopic (exact) mass is 241 g/mol. The van der Waals surface area contributed by atoms with Crippen LogP contribution >= 0.6 is 0 Å². The van der Waals surface area contributed by atoms with Crippen molar-refractivity contribution in [2.45, 2.75) is 45.2 Å². The lowest BCUT2D eigenvalue weighted by atomic mass is 10.0. The Morgan fingerprint density at radius 1 is 1.59 bits per heavy atom. The minimum atomic E-state index is -0.331. The molecule has 3 N–H and O–H groups in total. The number of rotatable bonds is 5. The first-order valence-electron chi connectivity index (χ1n) is 6.21. The smallest absolute Gasteiger partial charge is 0.244 e. The van der Waals surface area contributed by atoms with E-state index in [-0.39, 0.29) is 23.9 Å². The third-order valence-corrected chi connectivity index (χ3v) is 3.32. The van der Waals surface area contributed by atoms with Gasteiger partial charge in [0.1, 0.15) is 6.04 Å². The topological polar surface area (TPSA) is 75.4 Å².